The number of nitrogens with one attached hydrogen (secondary N) is 4. The largest absolute Gasteiger partial charge is 0.481 e. The number of aliphatic carboxylic acids is 1. The molecule has 0 unspecified atom stereocenters. The Morgan fingerprint density at radius 2 is 1.67 bits per heavy atom. The number of aromatic amines is 2. The van der Waals surface area contributed by atoms with Crippen LogP contribution in [0.25, 0.3) is 39.3 Å². The molecule has 11 nitrogen and oxygen atoms in total. The average Bonchev–Trinajstić information content (AvgIpc) is 3.77. The van der Waals surface area contributed by atoms with Crippen LogP contribution in [0.5, 0.6) is 0 Å². The molecule has 0 saturated carbocycles. The fraction of sp³-hybridized carbons (Fsp3) is 0.425. The number of fused-ring (bicyclic) bond motifs is 8. The van der Waals surface area contributed by atoms with Crippen LogP contribution in [-0.2, 0) is 16.0 Å². The number of carboxylic acids is 2. The third kappa shape index (κ3) is 7.68. The van der Waals surface area contributed by atoms with Gasteiger partial charge in [0.05, 0.1) is 34.6 Å². The molecule has 0 aromatic carbocycles. The molecule has 2 atom stereocenters. The van der Waals surface area contributed by atoms with E-state index in [1.165, 1.54) is 0 Å². The van der Waals surface area contributed by atoms with Crippen LogP contribution in [0.4, 0.5) is 0 Å². The Bertz CT molecular complexity index is 2070. The quantitative estimate of drug-likeness (QED) is 0.0946. The van der Waals surface area contributed by atoms with E-state index in [1.807, 2.05) is 45.0 Å². The van der Waals surface area contributed by atoms with Crippen LogP contribution in [0.3, 0.4) is 0 Å². The van der Waals surface area contributed by atoms with Gasteiger partial charge in [-0.1, -0.05) is 39.8 Å². The first-order valence-electron chi connectivity index (χ1n) is 17.9. The first kappa shape index (κ1) is 37.2. The Hall–Kier alpha value is -5.03. The van der Waals surface area contributed by atoms with Gasteiger partial charge in [-0.05, 0) is 87.1 Å². The van der Waals surface area contributed by atoms with Crippen LogP contribution in [-0.4, -0.2) is 67.6 Å². The molecule has 2 aliphatic rings. The summed E-state index contributed by atoms with van der Waals surface area (Å²) in [5.74, 6) is -2.96. The number of rotatable bonds is 14. The lowest BCUT2D eigenvalue weighted by atomic mass is 9.85. The maximum absolute atomic E-state index is 13.7. The SMILES string of the molecule is C=Cc1c(C)c2cc3nc(c(CC(=O)NCCNCCCC)c4[nH]c(cc5nc(cc1[nH]2)C(C)=C5CC)c(C)c4C(=O)O)[C@@H](CCC(=O)O)[C@@H]3C. The molecule has 0 fully saturated rings. The molecule has 2 aliphatic heterocycles. The zero-order valence-corrected chi connectivity index (χ0v) is 30.5. The summed E-state index contributed by atoms with van der Waals surface area (Å²) in [6, 6.07) is 5.87. The average molecular weight is 695 g/mol. The van der Waals surface area contributed by atoms with Crippen molar-refractivity contribution < 1.29 is 24.6 Å². The molecule has 11 heteroatoms. The van der Waals surface area contributed by atoms with E-state index < -0.39 is 11.9 Å². The summed E-state index contributed by atoms with van der Waals surface area (Å²) in [4.78, 5) is 55.7. The van der Waals surface area contributed by atoms with E-state index in [2.05, 4.69) is 41.0 Å². The van der Waals surface area contributed by atoms with Crippen LogP contribution in [0.2, 0.25) is 0 Å². The fourth-order valence-corrected chi connectivity index (χ4v) is 7.32. The van der Waals surface area contributed by atoms with Gasteiger partial charge in [-0.2, -0.15) is 0 Å². The standard InChI is InChI=1S/C40H50N6O5/c1-8-11-14-41-15-16-42-35(47)17-28-38-27(12-13-36(48)49)23(6)31(45-38)18-29-21(4)25(9-2)33(43-29)19-30-22(5)26(10-3)34(44-30)20-32-24(7)37(40(50)51)39(28)46-32/h9,18-20,23,27,41,43,46H,2,8,10-17H2,1,3-7H3,(H,42,47)(H,48,49)(H,50,51)/t23-,27-/m0/s1. The Balaban J connectivity index is 1.87. The third-order valence-corrected chi connectivity index (χ3v) is 10.3. The molecule has 6 N–H and O–H groups in total. The van der Waals surface area contributed by atoms with Crippen molar-refractivity contribution in [2.45, 2.75) is 91.9 Å². The highest BCUT2D eigenvalue weighted by Crippen LogP contribution is 2.43. The molecule has 5 heterocycles. The van der Waals surface area contributed by atoms with Crippen LogP contribution >= 0.6 is 0 Å². The smallest absolute Gasteiger partial charge is 0.338 e. The van der Waals surface area contributed by atoms with E-state index in [0.717, 1.165) is 70.5 Å². The van der Waals surface area contributed by atoms with Crippen molar-refractivity contribution in [2.75, 3.05) is 19.6 Å². The molecule has 1 amide bonds. The molecule has 0 aliphatic carbocycles. The molecule has 0 radical (unpaired) electrons. The van der Waals surface area contributed by atoms with Gasteiger partial charge in [-0.3, -0.25) is 14.6 Å². The molecule has 3 aromatic heterocycles. The summed E-state index contributed by atoms with van der Waals surface area (Å²) >= 11 is 0. The molecule has 8 bridgehead atoms. The number of aromatic carboxylic acids is 1. The van der Waals surface area contributed by atoms with Crippen molar-refractivity contribution in [1.29, 1.82) is 0 Å². The number of aryl methyl sites for hydroxylation is 2. The van der Waals surface area contributed by atoms with Gasteiger partial charge in [0, 0.05) is 64.7 Å². The van der Waals surface area contributed by atoms with Crippen LogP contribution in [0.15, 0.2) is 24.8 Å². The maximum Gasteiger partial charge on any atom is 0.338 e. The zero-order valence-electron chi connectivity index (χ0n) is 30.5. The number of carbonyl (C=O) groups is 3. The number of amides is 1. The first-order valence-corrected chi connectivity index (χ1v) is 17.9. The summed E-state index contributed by atoms with van der Waals surface area (Å²) < 4.78 is 0. The van der Waals surface area contributed by atoms with Crippen LogP contribution < -0.4 is 10.6 Å². The molecule has 0 spiro atoms. The van der Waals surface area contributed by atoms with Gasteiger partial charge in [-0.25, -0.2) is 9.78 Å². The summed E-state index contributed by atoms with van der Waals surface area (Å²) in [5, 5.41) is 26.7. The van der Waals surface area contributed by atoms with E-state index >= 15 is 0 Å². The van der Waals surface area contributed by atoms with Crippen molar-refractivity contribution in [3.63, 3.8) is 0 Å². The van der Waals surface area contributed by atoms with Gasteiger partial charge in [0.2, 0.25) is 5.91 Å². The van der Waals surface area contributed by atoms with Gasteiger partial charge in [-0.15, -0.1) is 0 Å². The molecule has 5 rings (SSSR count). The van der Waals surface area contributed by atoms with E-state index in [-0.39, 0.29) is 42.6 Å². The second kappa shape index (κ2) is 15.9. The lowest BCUT2D eigenvalue weighted by Gasteiger charge is -2.17. The summed E-state index contributed by atoms with van der Waals surface area (Å²) in [7, 11) is 0. The fourth-order valence-electron chi connectivity index (χ4n) is 7.32. The van der Waals surface area contributed by atoms with E-state index in [9.17, 15) is 24.6 Å². The minimum Gasteiger partial charge on any atom is -0.481 e. The predicted octanol–water partition coefficient (Wildman–Crippen LogP) is 7.41. The van der Waals surface area contributed by atoms with Crippen molar-refractivity contribution in [3.8, 4) is 0 Å². The van der Waals surface area contributed by atoms with E-state index in [1.54, 1.807) is 6.92 Å². The monoisotopic (exact) mass is 694 g/mol. The number of allylic oxidation sites excluding steroid dienone is 2. The normalized spacial score (nSPS) is 15.6. The third-order valence-electron chi connectivity index (χ3n) is 10.3. The predicted molar refractivity (Wildman–Crippen MR) is 203 cm³/mol. The van der Waals surface area contributed by atoms with E-state index in [0.29, 0.717) is 46.6 Å². The van der Waals surface area contributed by atoms with Gasteiger partial charge in [0.25, 0.3) is 0 Å². The van der Waals surface area contributed by atoms with E-state index in [4.69, 9.17) is 9.97 Å². The number of carboxylic acid groups (broad SMARTS) is 2. The highest BCUT2D eigenvalue weighted by molar-refractivity contribution is 6.03. The van der Waals surface area contributed by atoms with Crippen LogP contribution in [0.1, 0.15) is 127 Å². The van der Waals surface area contributed by atoms with Gasteiger partial charge in [0.15, 0.2) is 0 Å². The lowest BCUT2D eigenvalue weighted by molar-refractivity contribution is -0.137. The topological polar surface area (TPSA) is 173 Å². The highest BCUT2D eigenvalue weighted by Gasteiger charge is 2.33. The van der Waals surface area contributed by atoms with Gasteiger partial charge >= 0.3 is 11.9 Å². The number of aromatic nitrogens is 4. The summed E-state index contributed by atoms with van der Waals surface area (Å²) in [6.45, 7) is 17.9. The number of hydrogen-bond donors (Lipinski definition) is 6. The zero-order chi connectivity index (χ0) is 37.0. The van der Waals surface area contributed by atoms with Crippen molar-refractivity contribution in [2.24, 2.45) is 0 Å². The Labute approximate surface area is 298 Å². The van der Waals surface area contributed by atoms with Crippen molar-refractivity contribution in [3.05, 3.63) is 75.4 Å². The minimum atomic E-state index is -1.14. The number of nitrogens with zero attached hydrogens (tertiary/aromatic N) is 2. The molecule has 270 valence electrons. The maximum atomic E-state index is 13.7. The number of hydrogen-bond acceptors (Lipinski definition) is 6. The van der Waals surface area contributed by atoms with Gasteiger partial charge < -0.3 is 30.8 Å². The summed E-state index contributed by atoms with van der Waals surface area (Å²) in [5.41, 5.74) is 10.3. The molecular formula is C40H50N6O5. The Kier molecular flexibility index (Phi) is 11.6. The van der Waals surface area contributed by atoms with Crippen molar-refractivity contribution >= 4 is 57.1 Å². The molecule has 0 saturated heterocycles. The van der Waals surface area contributed by atoms with Crippen LogP contribution in [0, 0.1) is 13.8 Å². The highest BCUT2D eigenvalue weighted by atomic mass is 16.4. The Morgan fingerprint density at radius 3 is 2.33 bits per heavy atom. The molecule has 51 heavy (non-hydrogen) atoms. The Morgan fingerprint density at radius 1 is 0.941 bits per heavy atom. The molecule has 3 aromatic rings. The molecular weight excluding hydrogens is 644 g/mol. The van der Waals surface area contributed by atoms with Crippen molar-refractivity contribution in [1.82, 2.24) is 30.6 Å². The second-order valence-corrected chi connectivity index (χ2v) is 13.5. The van der Waals surface area contributed by atoms with Gasteiger partial charge in [0.1, 0.15) is 0 Å². The minimum absolute atomic E-state index is 0.0486. The number of unbranched alkanes of at least 4 members (excludes halogenated alkanes) is 1. The number of carbonyl (C=O) groups excluding carboxylic acids is 1. The second-order valence-electron chi connectivity index (χ2n) is 13.5. The lowest BCUT2D eigenvalue weighted by Crippen LogP contribution is -2.33. The summed E-state index contributed by atoms with van der Waals surface area (Å²) in [6.07, 6.45) is 4.66. The number of H-pyrrole nitrogens is 2. The first-order chi connectivity index (χ1) is 24.4.